The van der Waals surface area contributed by atoms with Crippen LogP contribution in [0, 0.1) is 5.82 Å². The number of amides is 1. The molecule has 0 bridgehead atoms. The molecule has 2 N–H and O–H groups in total. The average Bonchev–Trinajstić information content (AvgIpc) is 2.45. The van der Waals surface area contributed by atoms with Crippen LogP contribution in [0.15, 0.2) is 23.1 Å². The summed E-state index contributed by atoms with van der Waals surface area (Å²) in [5, 5.41) is 0. The second-order valence-corrected chi connectivity index (χ2v) is 6.52. The maximum atomic E-state index is 13.3. The van der Waals surface area contributed by atoms with Crippen LogP contribution >= 0.6 is 0 Å². The summed E-state index contributed by atoms with van der Waals surface area (Å²) in [5.74, 6) is -0.707. The monoisotopic (exact) mass is 317 g/mol. The highest BCUT2D eigenvalue weighted by Crippen LogP contribution is 2.21. The number of benzene rings is 1. The Hall–Kier alpha value is -1.87. The molecule has 1 aliphatic heterocycles. The van der Waals surface area contributed by atoms with Crippen LogP contribution in [-0.2, 0) is 14.8 Å². The Bertz CT molecular complexity index is 622. The van der Waals surface area contributed by atoms with E-state index in [0.29, 0.717) is 0 Å². The van der Waals surface area contributed by atoms with Crippen LogP contribution in [0.4, 0.5) is 14.9 Å². The Morgan fingerprint density at radius 1 is 1.24 bits per heavy atom. The normalized spacial score (nSPS) is 16.8. The number of nitrogen functional groups attached to an aromatic ring is 1. The van der Waals surface area contributed by atoms with Crippen molar-refractivity contribution >= 4 is 21.8 Å². The van der Waals surface area contributed by atoms with Crippen LogP contribution in [0.5, 0.6) is 0 Å². The number of nitrogens with zero attached hydrogens (tertiary/aromatic N) is 2. The molecule has 1 aromatic carbocycles. The molecular formula is C12H16FN3O4S. The number of nitrogens with two attached hydrogens (primary N) is 1. The summed E-state index contributed by atoms with van der Waals surface area (Å²) >= 11 is 0. The fraction of sp³-hybridized carbons (Fsp3) is 0.417. The summed E-state index contributed by atoms with van der Waals surface area (Å²) in [5.41, 5.74) is 5.52. The number of ether oxygens (including phenoxy) is 1. The molecule has 0 saturated carbocycles. The summed E-state index contributed by atoms with van der Waals surface area (Å²) in [7, 11) is -2.56. The topological polar surface area (TPSA) is 92.9 Å². The van der Waals surface area contributed by atoms with E-state index in [0.717, 1.165) is 12.1 Å². The third-order valence-corrected chi connectivity index (χ3v) is 5.08. The predicted molar refractivity (Wildman–Crippen MR) is 73.5 cm³/mol. The first kappa shape index (κ1) is 15.5. The van der Waals surface area contributed by atoms with Crippen LogP contribution in [-0.4, -0.2) is 57.0 Å². The molecule has 116 valence electrons. The minimum Gasteiger partial charge on any atom is -0.453 e. The van der Waals surface area contributed by atoms with E-state index >= 15 is 0 Å². The maximum absolute atomic E-state index is 13.3. The van der Waals surface area contributed by atoms with Gasteiger partial charge in [-0.05, 0) is 18.2 Å². The van der Waals surface area contributed by atoms with Gasteiger partial charge in [-0.25, -0.2) is 17.6 Å². The molecule has 0 unspecified atom stereocenters. The fourth-order valence-electron chi connectivity index (χ4n) is 2.12. The Kier molecular flexibility index (Phi) is 4.33. The van der Waals surface area contributed by atoms with Gasteiger partial charge >= 0.3 is 6.09 Å². The molecule has 1 aromatic rings. The number of carbonyl (C=O) groups is 1. The van der Waals surface area contributed by atoms with Crippen molar-refractivity contribution in [1.29, 1.82) is 0 Å². The molecule has 0 radical (unpaired) electrons. The first-order valence-corrected chi connectivity index (χ1v) is 7.67. The zero-order chi connectivity index (χ0) is 15.6. The maximum Gasteiger partial charge on any atom is 0.409 e. The van der Waals surface area contributed by atoms with E-state index in [4.69, 9.17) is 5.73 Å². The molecular weight excluding hydrogens is 301 g/mol. The van der Waals surface area contributed by atoms with Gasteiger partial charge in [-0.3, -0.25) is 0 Å². The van der Waals surface area contributed by atoms with Crippen molar-refractivity contribution < 1.29 is 22.3 Å². The summed E-state index contributed by atoms with van der Waals surface area (Å²) in [6, 6.07) is 3.19. The lowest BCUT2D eigenvalue weighted by Gasteiger charge is -2.33. The summed E-state index contributed by atoms with van der Waals surface area (Å²) in [4.78, 5) is 12.6. The van der Waals surface area contributed by atoms with E-state index in [1.807, 2.05) is 0 Å². The van der Waals surface area contributed by atoms with Crippen molar-refractivity contribution in [1.82, 2.24) is 9.21 Å². The number of halogens is 1. The van der Waals surface area contributed by atoms with Crippen molar-refractivity contribution in [2.24, 2.45) is 0 Å². The van der Waals surface area contributed by atoms with E-state index in [1.54, 1.807) is 0 Å². The first-order valence-electron chi connectivity index (χ1n) is 6.23. The molecule has 1 heterocycles. The van der Waals surface area contributed by atoms with Crippen LogP contribution in [0.25, 0.3) is 0 Å². The summed E-state index contributed by atoms with van der Waals surface area (Å²) < 4.78 is 43.9. The Morgan fingerprint density at radius 2 is 1.86 bits per heavy atom. The molecule has 1 aliphatic rings. The highest BCUT2D eigenvalue weighted by molar-refractivity contribution is 7.89. The number of anilines is 1. The standard InChI is InChI=1S/C12H16FN3O4S/c1-20-12(17)15-2-4-16(5-3-15)21(18,19)11-7-9(13)6-10(14)8-11/h6-8H,2-5,14H2,1H3. The lowest BCUT2D eigenvalue weighted by molar-refractivity contribution is 0.108. The molecule has 9 heteroatoms. The zero-order valence-corrected chi connectivity index (χ0v) is 12.3. The van der Waals surface area contributed by atoms with Gasteiger partial charge in [0, 0.05) is 31.9 Å². The van der Waals surface area contributed by atoms with E-state index in [9.17, 15) is 17.6 Å². The molecule has 0 atom stereocenters. The number of hydrogen-bond acceptors (Lipinski definition) is 5. The molecule has 1 amide bonds. The van der Waals surface area contributed by atoms with E-state index in [2.05, 4.69) is 4.74 Å². The van der Waals surface area contributed by atoms with Crippen LogP contribution < -0.4 is 5.73 Å². The number of rotatable bonds is 2. The lowest BCUT2D eigenvalue weighted by atomic mass is 10.3. The van der Waals surface area contributed by atoms with Crippen LogP contribution in [0.1, 0.15) is 0 Å². The van der Waals surface area contributed by atoms with Gasteiger partial charge < -0.3 is 15.4 Å². The van der Waals surface area contributed by atoms with Gasteiger partial charge in [-0.2, -0.15) is 4.31 Å². The average molecular weight is 317 g/mol. The van der Waals surface area contributed by atoms with Crippen molar-refractivity contribution in [2.75, 3.05) is 39.0 Å². The van der Waals surface area contributed by atoms with Crippen molar-refractivity contribution in [3.63, 3.8) is 0 Å². The van der Waals surface area contributed by atoms with Crippen molar-refractivity contribution in [3.05, 3.63) is 24.0 Å². The Balaban J connectivity index is 2.16. The lowest BCUT2D eigenvalue weighted by Crippen LogP contribution is -2.50. The predicted octanol–water partition coefficient (Wildman–Crippen LogP) is 0.481. The molecule has 0 aromatic heterocycles. The summed E-state index contributed by atoms with van der Waals surface area (Å²) in [6.45, 7) is 0.676. The second-order valence-electron chi connectivity index (χ2n) is 4.58. The Morgan fingerprint density at radius 3 is 2.38 bits per heavy atom. The van der Waals surface area contributed by atoms with Crippen LogP contribution in [0.2, 0.25) is 0 Å². The number of piperazine rings is 1. The van der Waals surface area contributed by atoms with Gasteiger partial charge in [0.2, 0.25) is 10.0 Å². The highest BCUT2D eigenvalue weighted by atomic mass is 32.2. The first-order chi connectivity index (χ1) is 9.84. The molecule has 0 aliphatic carbocycles. The third kappa shape index (κ3) is 3.24. The minimum absolute atomic E-state index is 0.0433. The molecule has 0 spiro atoms. The second kappa shape index (κ2) is 5.86. The molecule has 21 heavy (non-hydrogen) atoms. The number of methoxy groups -OCH3 is 1. The van der Waals surface area contributed by atoms with E-state index in [-0.39, 0.29) is 36.8 Å². The van der Waals surface area contributed by atoms with Gasteiger partial charge in [0.1, 0.15) is 5.82 Å². The number of sulfonamides is 1. The van der Waals surface area contributed by atoms with Gasteiger partial charge in [-0.15, -0.1) is 0 Å². The fourth-order valence-corrected chi connectivity index (χ4v) is 3.61. The van der Waals surface area contributed by atoms with Gasteiger partial charge in [0.05, 0.1) is 12.0 Å². The Labute approximate surface area is 122 Å². The molecule has 1 fully saturated rings. The minimum atomic E-state index is -3.83. The zero-order valence-electron chi connectivity index (χ0n) is 11.5. The largest absolute Gasteiger partial charge is 0.453 e. The van der Waals surface area contributed by atoms with Gasteiger partial charge in [0.15, 0.2) is 0 Å². The highest BCUT2D eigenvalue weighted by Gasteiger charge is 2.30. The molecule has 2 rings (SSSR count). The van der Waals surface area contributed by atoms with Gasteiger partial charge in [0.25, 0.3) is 0 Å². The van der Waals surface area contributed by atoms with E-state index in [1.165, 1.54) is 22.4 Å². The SMILES string of the molecule is COC(=O)N1CCN(S(=O)(=O)c2cc(N)cc(F)c2)CC1. The quantitative estimate of drug-likeness (QED) is 0.801. The molecule has 1 saturated heterocycles. The van der Waals surface area contributed by atoms with Crippen LogP contribution in [0.3, 0.4) is 0 Å². The van der Waals surface area contributed by atoms with Gasteiger partial charge in [-0.1, -0.05) is 0 Å². The van der Waals surface area contributed by atoms with E-state index < -0.39 is 21.9 Å². The van der Waals surface area contributed by atoms with Crippen molar-refractivity contribution in [3.8, 4) is 0 Å². The van der Waals surface area contributed by atoms with Crippen molar-refractivity contribution in [2.45, 2.75) is 4.90 Å². The number of carbonyl (C=O) groups excluding carboxylic acids is 1. The smallest absolute Gasteiger partial charge is 0.409 e. The molecule has 7 nitrogen and oxygen atoms in total. The number of hydrogen-bond donors (Lipinski definition) is 1. The summed E-state index contributed by atoms with van der Waals surface area (Å²) in [6.07, 6.45) is -0.498. The third-order valence-electron chi connectivity index (χ3n) is 3.20.